The molecule has 0 aromatic heterocycles. The molecule has 0 saturated heterocycles. The van der Waals surface area contributed by atoms with Gasteiger partial charge in [0.15, 0.2) is 11.6 Å². The lowest BCUT2D eigenvalue weighted by Gasteiger charge is -2.35. The molecule has 1 fully saturated rings. The van der Waals surface area contributed by atoms with Gasteiger partial charge in [0.05, 0.1) is 0 Å². The highest BCUT2D eigenvalue weighted by atomic mass is 16.3. The smallest absolute Gasteiger partial charge is 0.164 e. The topological polar surface area (TPSA) is 54.4 Å². The van der Waals surface area contributed by atoms with Crippen molar-refractivity contribution in [2.24, 2.45) is 17.8 Å². The summed E-state index contributed by atoms with van der Waals surface area (Å²) in [5.41, 5.74) is 3.06. The number of hydrogen-bond acceptors (Lipinski definition) is 3. The predicted octanol–water partition coefficient (Wildman–Crippen LogP) is 4.54. The van der Waals surface area contributed by atoms with Crippen molar-refractivity contribution in [1.82, 2.24) is 0 Å². The van der Waals surface area contributed by atoms with Crippen LogP contribution < -0.4 is 0 Å². The molecule has 2 unspecified atom stereocenters. The van der Waals surface area contributed by atoms with Crippen molar-refractivity contribution < 1.29 is 14.7 Å². The fourth-order valence-corrected chi connectivity index (χ4v) is 5.25. The van der Waals surface area contributed by atoms with E-state index in [1.807, 2.05) is 19.9 Å². The number of rotatable bonds is 2. The van der Waals surface area contributed by atoms with Crippen LogP contribution in [0.5, 0.6) is 0 Å². The van der Waals surface area contributed by atoms with Gasteiger partial charge in [-0.25, -0.2) is 0 Å². The summed E-state index contributed by atoms with van der Waals surface area (Å²) in [6, 6.07) is 0. The Balaban J connectivity index is 1.95. The lowest BCUT2D eigenvalue weighted by Crippen LogP contribution is -2.44. The summed E-state index contributed by atoms with van der Waals surface area (Å²) in [4.78, 5) is 24.2. The first kappa shape index (κ1) is 18.6. The molecule has 3 aliphatic rings. The third kappa shape index (κ3) is 3.40. The second-order valence-electron chi connectivity index (χ2n) is 8.44. The van der Waals surface area contributed by atoms with Crippen molar-refractivity contribution in [3.8, 4) is 0 Å². The van der Waals surface area contributed by atoms with Crippen molar-refractivity contribution in [3.63, 3.8) is 0 Å². The molecule has 138 valence electrons. The van der Waals surface area contributed by atoms with E-state index in [2.05, 4.69) is 6.92 Å². The number of ketones is 2. The van der Waals surface area contributed by atoms with Gasteiger partial charge in [-0.1, -0.05) is 26.3 Å². The lowest BCUT2D eigenvalue weighted by molar-refractivity contribution is -0.144. The van der Waals surface area contributed by atoms with Crippen LogP contribution in [0.2, 0.25) is 0 Å². The molecule has 0 amide bonds. The van der Waals surface area contributed by atoms with E-state index in [0.717, 1.165) is 38.5 Å². The Morgan fingerprint density at radius 3 is 2.64 bits per heavy atom. The molecule has 3 rings (SSSR count). The third-order valence-corrected chi connectivity index (χ3v) is 7.04. The molecule has 0 bridgehead atoms. The van der Waals surface area contributed by atoms with Crippen LogP contribution in [0.15, 0.2) is 22.8 Å². The van der Waals surface area contributed by atoms with Gasteiger partial charge in [0.2, 0.25) is 0 Å². The number of carbonyl (C=O) groups excluding carboxylic acids is 2. The number of carbonyl (C=O) groups is 2. The van der Waals surface area contributed by atoms with Crippen molar-refractivity contribution >= 4 is 11.6 Å². The zero-order chi connectivity index (χ0) is 18.2. The largest absolute Gasteiger partial charge is 0.382 e. The molecule has 0 aromatic rings. The Kier molecular flexibility index (Phi) is 5.34. The van der Waals surface area contributed by atoms with Crippen molar-refractivity contribution in [3.05, 3.63) is 22.8 Å². The van der Waals surface area contributed by atoms with Crippen LogP contribution in [0.3, 0.4) is 0 Å². The Labute approximate surface area is 151 Å². The average molecular weight is 344 g/mol. The highest BCUT2D eigenvalue weighted by Crippen LogP contribution is 2.47. The second kappa shape index (κ2) is 7.19. The number of Topliss-reactive ketones (excluding diaryl/α,β-unsaturated/α-hetero) is 1. The Hall–Kier alpha value is -1.22. The normalized spacial score (nSPS) is 36.6. The first-order valence-electron chi connectivity index (χ1n) is 10.1. The maximum Gasteiger partial charge on any atom is 0.164 e. The molecule has 0 aliphatic heterocycles. The van der Waals surface area contributed by atoms with Crippen molar-refractivity contribution in [2.75, 3.05) is 0 Å². The molecule has 25 heavy (non-hydrogen) atoms. The Morgan fingerprint density at radius 2 is 1.92 bits per heavy atom. The van der Waals surface area contributed by atoms with E-state index in [1.54, 1.807) is 0 Å². The fraction of sp³-hybridized carbons (Fsp3) is 0.727. The highest BCUT2D eigenvalue weighted by Gasteiger charge is 2.42. The minimum Gasteiger partial charge on any atom is -0.382 e. The molecule has 3 aliphatic carbocycles. The molecule has 0 radical (unpaired) electrons. The Morgan fingerprint density at radius 1 is 1.16 bits per heavy atom. The summed E-state index contributed by atoms with van der Waals surface area (Å²) in [7, 11) is 0. The van der Waals surface area contributed by atoms with E-state index in [1.165, 1.54) is 16.7 Å². The standard InChI is InChI=1S/C22H32O3/c1-4-21(24)22(25)12-11-14(2)18-9-6-16-13-17(23)7-10-19(16)20(18)8-5-15(22)3/h13-15,18,25H,4-12H2,1-3H3/t14?,15-,18?,22+/m0/s1. The summed E-state index contributed by atoms with van der Waals surface area (Å²) in [6.45, 7) is 6.16. The summed E-state index contributed by atoms with van der Waals surface area (Å²) >= 11 is 0. The van der Waals surface area contributed by atoms with Gasteiger partial charge >= 0.3 is 0 Å². The third-order valence-electron chi connectivity index (χ3n) is 7.04. The minimum atomic E-state index is -1.16. The number of fused-ring (bicyclic) bond motifs is 2. The van der Waals surface area contributed by atoms with Crippen molar-refractivity contribution in [2.45, 2.75) is 84.2 Å². The molecule has 0 heterocycles. The van der Waals surface area contributed by atoms with Crippen LogP contribution in [0.1, 0.15) is 78.6 Å². The SMILES string of the molecule is CCC(=O)[C@@]1(O)CCC(C)C2CCC3=CC(=O)CCC3=C2CC[C@@H]1C. The average Bonchev–Trinajstić information content (AvgIpc) is 2.65. The summed E-state index contributed by atoms with van der Waals surface area (Å²) in [5.74, 6) is 1.28. The monoisotopic (exact) mass is 344 g/mol. The first-order valence-corrected chi connectivity index (χ1v) is 10.1. The van der Waals surface area contributed by atoms with Gasteiger partial charge in [-0.15, -0.1) is 0 Å². The number of hydrogen-bond donors (Lipinski definition) is 1. The van der Waals surface area contributed by atoms with Gasteiger partial charge in [0.25, 0.3) is 0 Å². The molecule has 4 atom stereocenters. The van der Waals surface area contributed by atoms with E-state index >= 15 is 0 Å². The van der Waals surface area contributed by atoms with Crippen LogP contribution in [0.4, 0.5) is 0 Å². The number of aliphatic hydroxyl groups is 1. The van der Waals surface area contributed by atoms with Crippen LogP contribution in [-0.4, -0.2) is 22.3 Å². The zero-order valence-corrected chi connectivity index (χ0v) is 15.9. The molecule has 0 spiro atoms. The first-order chi connectivity index (χ1) is 11.9. The molecular formula is C22H32O3. The fourth-order valence-electron chi connectivity index (χ4n) is 5.25. The van der Waals surface area contributed by atoms with E-state index < -0.39 is 5.60 Å². The summed E-state index contributed by atoms with van der Waals surface area (Å²) < 4.78 is 0. The molecule has 1 N–H and O–H groups in total. The van der Waals surface area contributed by atoms with Crippen LogP contribution in [0.25, 0.3) is 0 Å². The summed E-state index contributed by atoms with van der Waals surface area (Å²) in [6.07, 6.45) is 9.20. The van der Waals surface area contributed by atoms with Gasteiger partial charge in [-0.2, -0.15) is 0 Å². The van der Waals surface area contributed by atoms with Gasteiger partial charge in [0, 0.05) is 12.8 Å². The molecule has 3 nitrogen and oxygen atoms in total. The summed E-state index contributed by atoms with van der Waals surface area (Å²) in [5, 5.41) is 11.1. The van der Waals surface area contributed by atoms with Crippen LogP contribution >= 0.6 is 0 Å². The Bertz CT molecular complexity index is 627. The van der Waals surface area contributed by atoms with Gasteiger partial charge in [0.1, 0.15) is 5.60 Å². The van der Waals surface area contributed by atoms with E-state index in [9.17, 15) is 14.7 Å². The molecular weight excluding hydrogens is 312 g/mol. The van der Waals surface area contributed by atoms with Crippen molar-refractivity contribution in [1.29, 1.82) is 0 Å². The lowest BCUT2D eigenvalue weighted by atomic mass is 9.69. The van der Waals surface area contributed by atoms with Gasteiger partial charge in [-0.05, 0) is 79.9 Å². The minimum absolute atomic E-state index is 0.00132. The van der Waals surface area contributed by atoms with E-state index in [4.69, 9.17) is 0 Å². The van der Waals surface area contributed by atoms with E-state index in [-0.39, 0.29) is 17.5 Å². The molecule has 0 aromatic carbocycles. The quantitative estimate of drug-likeness (QED) is 0.800. The number of allylic oxidation sites excluding steroid dienone is 4. The predicted molar refractivity (Wildman–Crippen MR) is 99.1 cm³/mol. The zero-order valence-electron chi connectivity index (χ0n) is 15.9. The van der Waals surface area contributed by atoms with Gasteiger partial charge < -0.3 is 5.11 Å². The van der Waals surface area contributed by atoms with Gasteiger partial charge in [-0.3, -0.25) is 9.59 Å². The maximum atomic E-state index is 12.5. The molecule has 3 heteroatoms. The van der Waals surface area contributed by atoms with Crippen LogP contribution in [0, 0.1) is 17.8 Å². The maximum absolute atomic E-state index is 12.5. The second-order valence-corrected chi connectivity index (χ2v) is 8.44. The molecule has 1 saturated carbocycles. The van der Waals surface area contributed by atoms with E-state index in [0.29, 0.717) is 31.1 Å². The van der Waals surface area contributed by atoms with Crippen LogP contribution in [-0.2, 0) is 9.59 Å². The highest BCUT2D eigenvalue weighted by molar-refractivity contribution is 5.93.